The molecule has 0 saturated heterocycles. The van der Waals surface area contributed by atoms with E-state index < -0.39 is 28.2 Å². The maximum Gasteiger partial charge on any atom is 0.353 e. The summed E-state index contributed by atoms with van der Waals surface area (Å²) >= 11 is 5.71. The molecule has 0 aromatic rings. The maximum atomic E-state index is 13.8. The number of ether oxygens (including phenoxy) is 2. The average molecular weight is 478 g/mol. The Labute approximate surface area is 199 Å². The van der Waals surface area contributed by atoms with Crippen LogP contribution in [0, 0.1) is 34.0 Å². The number of carbonyl (C=O) groups is 4. The van der Waals surface area contributed by atoms with Crippen LogP contribution in [-0.4, -0.2) is 42.6 Å². The Morgan fingerprint density at radius 3 is 2.55 bits per heavy atom. The lowest BCUT2D eigenvalue weighted by atomic mass is 9.36. The van der Waals surface area contributed by atoms with E-state index in [0.717, 1.165) is 25.7 Å². The molecule has 180 valence electrons. The summed E-state index contributed by atoms with van der Waals surface area (Å²) in [7, 11) is 0. The Bertz CT molecular complexity index is 945. The van der Waals surface area contributed by atoms with E-state index in [0.29, 0.717) is 18.4 Å². The zero-order valence-electron chi connectivity index (χ0n) is 19.1. The van der Waals surface area contributed by atoms with E-state index >= 15 is 0 Å². The zero-order chi connectivity index (χ0) is 24.2. The second-order valence-corrected chi connectivity index (χ2v) is 10.9. The van der Waals surface area contributed by atoms with Crippen LogP contribution in [0.1, 0.15) is 51.9 Å². The molecule has 8 heteroatoms. The number of rotatable bonds is 6. The maximum absolute atomic E-state index is 13.8. The van der Waals surface area contributed by atoms with Crippen molar-refractivity contribution in [2.75, 3.05) is 19.1 Å². The van der Waals surface area contributed by atoms with Crippen molar-refractivity contribution < 1.29 is 28.7 Å². The summed E-state index contributed by atoms with van der Waals surface area (Å²) < 4.78 is 11.1. The summed E-state index contributed by atoms with van der Waals surface area (Å²) in [4.78, 5) is 51.4. The fourth-order valence-corrected chi connectivity index (χ4v) is 7.62. The van der Waals surface area contributed by atoms with Crippen LogP contribution in [0.3, 0.4) is 0 Å². The second-order valence-electron chi connectivity index (χ2n) is 10.7. The number of nitrogens with two attached hydrogens (primary N) is 1. The van der Waals surface area contributed by atoms with Crippen LogP contribution in [0.5, 0.6) is 0 Å². The van der Waals surface area contributed by atoms with Crippen molar-refractivity contribution in [2.45, 2.75) is 51.9 Å². The number of fused-ring (bicyclic) bond motifs is 3. The molecule has 0 heterocycles. The van der Waals surface area contributed by atoms with E-state index in [1.165, 1.54) is 0 Å². The summed E-state index contributed by atoms with van der Waals surface area (Å²) in [5, 5.41) is 0. The van der Waals surface area contributed by atoms with Crippen LogP contribution in [0.2, 0.25) is 0 Å². The van der Waals surface area contributed by atoms with Gasteiger partial charge in [-0.05, 0) is 55.4 Å². The number of allylic oxidation sites excluding steroid dienone is 1. The van der Waals surface area contributed by atoms with Gasteiger partial charge in [0.2, 0.25) is 0 Å². The number of halogens is 1. The van der Waals surface area contributed by atoms with Gasteiger partial charge in [-0.3, -0.25) is 14.4 Å². The molecular weight excluding hydrogens is 446 g/mol. The average Bonchev–Trinajstić information content (AvgIpc) is 2.80. The van der Waals surface area contributed by atoms with E-state index in [4.69, 9.17) is 26.8 Å². The predicted molar refractivity (Wildman–Crippen MR) is 121 cm³/mol. The van der Waals surface area contributed by atoms with Gasteiger partial charge >= 0.3 is 11.9 Å². The quantitative estimate of drug-likeness (QED) is 0.270. The molecule has 2 bridgehead atoms. The van der Waals surface area contributed by atoms with Crippen molar-refractivity contribution in [2.24, 2.45) is 39.7 Å². The van der Waals surface area contributed by atoms with Crippen LogP contribution in [0.4, 0.5) is 0 Å². The Morgan fingerprint density at radius 2 is 1.88 bits per heavy atom. The summed E-state index contributed by atoms with van der Waals surface area (Å²) in [6.07, 6.45) is 4.43. The molecule has 5 aliphatic carbocycles. The first-order chi connectivity index (χ1) is 15.5. The molecule has 0 aromatic heterocycles. The van der Waals surface area contributed by atoms with Crippen LogP contribution < -0.4 is 5.73 Å². The van der Waals surface area contributed by atoms with Crippen LogP contribution in [0.25, 0.3) is 0 Å². The smallest absolute Gasteiger partial charge is 0.353 e. The molecule has 5 saturated carbocycles. The lowest BCUT2D eigenvalue weighted by Crippen LogP contribution is -2.69. The highest BCUT2D eigenvalue weighted by Gasteiger charge is 2.72. The van der Waals surface area contributed by atoms with Gasteiger partial charge in [0.1, 0.15) is 17.4 Å². The van der Waals surface area contributed by atoms with Crippen LogP contribution >= 0.6 is 11.6 Å². The molecule has 5 aliphatic rings. The molecule has 2 unspecified atom stereocenters. The van der Waals surface area contributed by atoms with Crippen molar-refractivity contribution in [3.63, 3.8) is 0 Å². The van der Waals surface area contributed by atoms with Gasteiger partial charge in [-0.1, -0.05) is 26.5 Å². The lowest BCUT2D eigenvalue weighted by molar-refractivity contribution is -0.207. The van der Waals surface area contributed by atoms with E-state index in [2.05, 4.69) is 13.2 Å². The van der Waals surface area contributed by atoms with Gasteiger partial charge in [0.05, 0.1) is 18.6 Å². The van der Waals surface area contributed by atoms with E-state index in [9.17, 15) is 19.2 Å². The molecule has 0 amide bonds. The van der Waals surface area contributed by atoms with Crippen molar-refractivity contribution in [3.8, 4) is 0 Å². The second kappa shape index (κ2) is 8.26. The SMILES string of the molecule is C=C(N)C(=O)OC[C@]1(C)CCC[C@]2(COC(=O)CCl)C1CC(=O)[C@@]13CC[C@@H](CC12)C(=C)C3=O. The molecule has 6 atom stereocenters. The summed E-state index contributed by atoms with van der Waals surface area (Å²) in [5.41, 5.74) is 3.67. The molecule has 2 N–H and O–H groups in total. The van der Waals surface area contributed by atoms with Crippen molar-refractivity contribution >= 4 is 35.1 Å². The largest absolute Gasteiger partial charge is 0.464 e. The fraction of sp³-hybridized carbons (Fsp3) is 0.680. The number of Topliss-reactive ketones (excluding diaryl/α,β-unsaturated/α-hetero) is 2. The highest BCUT2D eigenvalue weighted by Crippen LogP contribution is 2.70. The third-order valence-electron chi connectivity index (χ3n) is 9.10. The standard InChI is InChI=1S/C25H32ClNO6/c1-14-16-5-8-25(21(14)30)18(9-16)24(13-32-20(29)11-26)7-4-6-23(3,17(24)10-19(25)28)12-33-22(31)15(2)27/h16-18H,1-2,4-13,27H2,3H3/t16-,17?,18?,23-,24-,25+/m0/s1. The molecule has 0 radical (unpaired) electrons. The molecule has 0 aromatic carbocycles. The minimum absolute atomic E-state index is 0.0445. The molecule has 5 rings (SSSR count). The minimum Gasteiger partial charge on any atom is -0.464 e. The topological polar surface area (TPSA) is 113 Å². The third kappa shape index (κ3) is 3.46. The first-order valence-electron chi connectivity index (χ1n) is 11.6. The third-order valence-corrected chi connectivity index (χ3v) is 9.32. The molecule has 5 fully saturated rings. The van der Waals surface area contributed by atoms with Crippen molar-refractivity contribution in [1.82, 2.24) is 0 Å². The van der Waals surface area contributed by atoms with Gasteiger partial charge in [-0.25, -0.2) is 4.79 Å². The Morgan fingerprint density at radius 1 is 1.15 bits per heavy atom. The Kier molecular flexibility index (Phi) is 6.00. The van der Waals surface area contributed by atoms with Gasteiger partial charge in [-0.2, -0.15) is 0 Å². The van der Waals surface area contributed by atoms with Gasteiger partial charge in [0, 0.05) is 17.3 Å². The number of esters is 2. The molecular formula is C25H32ClNO6. The van der Waals surface area contributed by atoms with Gasteiger partial charge in [0.15, 0.2) is 5.78 Å². The molecule has 7 nitrogen and oxygen atoms in total. The van der Waals surface area contributed by atoms with Gasteiger partial charge < -0.3 is 15.2 Å². The number of carbonyl (C=O) groups excluding carboxylic acids is 4. The molecule has 33 heavy (non-hydrogen) atoms. The van der Waals surface area contributed by atoms with E-state index in [-0.39, 0.29) is 60.5 Å². The highest BCUT2D eigenvalue weighted by atomic mass is 35.5. The zero-order valence-corrected chi connectivity index (χ0v) is 19.9. The van der Waals surface area contributed by atoms with Crippen molar-refractivity contribution in [1.29, 1.82) is 0 Å². The Hall–Kier alpha value is -2.15. The van der Waals surface area contributed by atoms with Gasteiger partial charge in [-0.15, -0.1) is 11.6 Å². The number of alkyl halides is 1. The van der Waals surface area contributed by atoms with Crippen LogP contribution in [-0.2, 0) is 28.7 Å². The summed E-state index contributed by atoms with van der Waals surface area (Å²) in [6.45, 7) is 9.65. The minimum atomic E-state index is -1.09. The van der Waals surface area contributed by atoms with Gasteiger partial charge in [0.25, 0.3) is 0 Å². The number of hydrogen-bond donors (Lipinski definition) is 1. The van der Waals surface area contributed by atoms with E-state index in [1.54, 1.807) is 0 Å². The van der Waals surface area contributed by atoms with Crippen LogP contribution in [0.15, 0.2) is 24.4 Å². The van der Waals surface area contributed by atoms with Crippen molar-refractivity contribution in [3.05, 3.63) is 24.4 Å². The summed E-state index contributed by atoms with van der Waals surface area (Å²) in [5.74, 6) is -2.05. The molecule has 1 spiro atoms. The summed E-state index contributed by atoms with van der Waals surface area (Å²) in [6, 6.07) is 0. The lowest BCUT2D eigenvalue weighted by Gasteiger charge is -2.66. The normalized spacial score (nSPS) is 39.5. The number of ketones is 2. The first kappa shape index (κ1) is 24.0. The fourth-order valence-electron chi connectivity index (χ4n) is 7.55. The first-order valence-corrected chi connectivity index (χ1v) is 12.2. The Balaban J connectivity index is 1.76. The molecule has 0 aliphatic heterocycles. The number of hydrogen-bond acceptors (Lipinski definition) is 7. The van der Waals surface area contributed by atoms with E-state index in [1.807, 2.05) is 6.92 Å². The predicted octanol–water partition coefficient (Wildman–Crippen LogP) is 3.09. The highest BCUT2D eigenvalue weighted by molar-refractivity contribution is 6.26. The monoisotopic (exact) mass is 477 g/mol.